The van der Waals surface area contributed by atoms with E-state index in [1.807, 2.05) is 101 Å². The predicted octanol–water partition coefficient (Wildman–Crippen LogP) is 7.16. The molecule has 4 aromatic carbocycles. The third-order valence-corrected chi connectivity index (χ3v) is 11.4. The van der Waals surface area contributed by atoms with Gasteiger partial charge in [0.25, 0.3) is 9.04 Å². The number of hydrogen-bond donors (Lipinski definition) is 2. The number of rotatable bonds is 14. The van der Waals surface area contributed by atoms with Crippen molar-refractivity contribution in [2.45, 2.75) is 54.2 Å². The molecule has 0 saturated heterocycles. The summed E-state index contributed by atoms with van der Waals surface area (Å²) >= 11 is 0. The molecular formula is C37H43FNO5PSi+. The molecule has 2 N–H and O–H groups in total. The van der Waals surface area contributed by atoms with Gasteiger partial charge in [-0.15, -0.1) is 4.52 Å². The van der Waals surface area contributed by atoms with Gasteiger partial charge in [-0.05, 0) is 81.1 Å². The molecule has 4 rings (SSSR count). The smallest absolute Gasteiger partial charge is 0.479 e. The van der Waals surface area contributed by atoms with Gasteiger partial charge in [-0.3, -0.25) is 5.32 Å². The van der Waals surface area contributed by atoms with E-state index in [0.29, 0.717) is 12.1 Å². The van der Waals surface area contributed by atoms with Crippen LogP contribution in [-0.4, -0.2) is 39.1 Å². The van der Waals surface area contributed by atoms with E-state index in [1.54, 1.807) is 13.0 Å². The molecule has 3 atom stereocenters. The van der Waals surface area contributed by atoms with Gasteiger partial charge in [-0.25, -0.2) is 9.18 Å². The first-order chi connectivity index (χ1) is 21.8. The van der Waals surface area contributed by atoms with Crippen LogP contribution in [0.5, 0.6) is 0 Å². The molecule has 1 radical (unpaired) electrons. The Morgan fingerprint density at radius 2 is 1.52 bits per heavy atom. The lowest BCUT2D eigenvalue weighted by Gasteiger charge is -2.34. The van der Waals surface area contributed by atoms with Crippen molar-refractivity contribution < 1.29 is 27.8 Å². The zero-order valence-corrected chi connectivity index (χ0v) is 29.2. The Balaban J connectivity index is 1.47. The third-order valence-electron chi connectivity index (χ3n) is 8.08. The molecule has 0 aliphatic heterocycles. The summed E-state index contributed by atoms with van der Waals surface area (Å²) < 4.78 is 39.6. The lowest BCUT2D eigenvalue weighted by molar-refractivity contribution is -0.149. The van der Waals surface area contributed by atoms with Crippen molar-refractivity contribution in [3.63, 3.8) is 0 Å². The maximum Gasteiger partial charge on any atom is 0.509 e. The summed E-state index contributed by atoms with van der Waals surface area (Å²) in [4.78, 5) is 12.8. The highest BCUT2D eigenvalue weighted by Gasteiger charge is 2.45. The quantitative estimate of drug-likeness (QED) is 0.0647. The number of hydrogen-bond acceptors (Lipinski definition) is 5. The SMILES string of the molecule is Cc1cc(C)c(CNCO[P+](=O)CC([C@H](O[Si](c2ccccc2)c2ccccc2)C(=O)O)C(C)(C)C)c(-c2ccc(F)c(C)c2)c1. The zero-order valence-electron chi connectivity index (χ0n) is 27.3. The van der Waals surface area contributed by atoms with Gasteiger partial charge in [0.2, 0.25) is 0 Å². The van der Waals surface area contributed by atoms with Crippen LogP contribution in [0.1, 0.15) is 43.0 Å². The molecular weight excluding hydrogens is 616 g/mol. The van der Waals surface area contributed by atoms with E-state index in [-0.39, 0.29) is 18.7 Å². The van der Waals surface area contributed by atoms with Crippen LogP contribution in [-0.2, 0) is 24.9 Å². The first-order valence-electron chi connectivity index (χ1n) is 15.4. The molecule has 9 heteroatoms. The van der Waals surface area contributed by atoms with Gasteiger partial charge < -0.3 is 9.53 Å². The highest BCUT2D eigenvalue weighted by Crippen LogP contribution is 2.38. The molecule has 4 aromatic rings. The molecule has 0 aliphatic carbocycles. The number of benzene rings is 4. The van der Waals surface area contributed by atoms with Gasteiger partial charge >= 0.3 is 14.0 Å². The summed E-state index contributed by atoms with van der Waals surface area (Å²) in [5.41, 5.74) is 5.19. The van der Waals surface area contributed by atoms with Gasteiger partial charge in [-0.2, -0.15) is 0 Å². The van der Waals surface area contributed by atoms with E-state index in [0.717, 1.165) is 38.2 Å². The third kappa shape index (κ3) is 9.27. The van der Waals surface area contributed by atoms with Crippen LogP contribution in [0.4, 0.5) is 4.39 Å². The van der Waals surface area contributed by atoms with E-state index >= 15 is 0 Å². The Labute approximate surface area is 274 Å². The standard InChI is InChI=1S/C37H42FNO5PSi/c1-25-19-26(2)32(31(20-25)28-17-18-34(38)27(3)21-28)22-39-24-43-45(42)23-33(37(4,5)6)35(36(40)41)44-46(29-13-9-7-10-14-29)30-15-11-8-12-16-30/h7-21,33,35,39H,22-24H2,1-6H3/p+1/t33?,35-/m0/s1. The Morgan fingerprint density at radius 3 is 2.07 bits per heavy atom. The highest BCUT2D eigenvalue weighted by atomic mass is 31.1. The lowest BCUT2D eigenvalue weighted by atomic mass is 9.78. The van der Waals surface area contributed by atoms with Crippen molar-refractivity contribution in [2.75, 3.05) is 12.9 Å². The first-order valence-corrected chi connectivity index (χ1v) is 18.1. The lowest BCUT2D eigenvalue weighted by Crippen LogP contribution is -2.52. The average molecular weight is 660 g/mol. The molecule has 0 bridgehead atoms. The van der Waals surface area contributed by atoms with E-state index in [2.05, 4.69) is 17.4 Å². The topological polar surface area (TPSA) is 84.9 Å². The van der Waals surface area contributed by atoms with Crippen molar-refractivity contribution in [1.82, 2.24) is 5.32 Å². The number of halogens is 1. The van der Waals surface area contributed by atoms with Crippen molar-refractivity contribution in [3.05, 3.63) is 119 Å². The number of carboxylic acid groups (broad SMARTS) is 1. The second-order valence-electron chi connectivity index (χ2n) is 12.7. The number of carboxylic acids is 1. The number of aryl methyl sites for hydroxylation is 3. The first kappa shape index (κ1) is 35.3. The van der Waals surface area contributed by atoms with Crippen LogP contribution < -0.4 is 15.7 Å². The largest absolute Gasteiger partial charge is 0.509 e. The van der Waals surface area contributed by atoms with Crippen LogP contribution in [0.25, 0.3) is 11.1 Å². The molecule has 2 unspecified atom stereocenters. The fourth-order valence-corrected chi connectivity index (χ4v) is 9.06. The van der Waals surface area contributed by atoms with E-state index in [9.17, 15) is 18.9 Å². The van der Waals surface area contributed by atoms with Crippen LogP contribution in [0.3, 0.4) is 0 Å². The summed E-state index contributed by atoms with van der Waals surface area (Å²) in [6, 6.07) is 28.6. The number of aliphatic carboxylic acids is 1. The molecule has 0 spiro atoms. The predicted molar refractivity (Wildman–Crippen MR) is 185 cm³/mol. The maximum absolute atomic E-state index is 14.0. The molecule has 0 saturated carbocycles. The Morgan fingerprint density at radius 1 is 0.913 bits per heavy atom. The monoisotopic (exact) mass is 659 g/mol. The van der Waals surface area contributed by atoms with Crippen molar-refractivity contribution in [1.29, 1.82) is 0 Å². The van der Waals surface area contributed by atoms with Gasteiger partial charge in [0.1, 0.15) is 5.82 Å². The summed E-state index contributed by atoms with van der Waals surface area (Å²) in [5, 5.41) is 15.5. The second kappa shape index (κ2) is 15.9. The minimum Gasteiger partial charge on any atom is -0.479 e. The summed E-state index contributed by atoms with van der Waals surface area (Å²) in [6.45, 7) is 12.1. The Kier molecular flexibility index (Phi) is 12.2. The summed E-state index contributed by atoms with van der Waals surface area (Å²) in [7, 11) is -4.14. The van der Waals surface area contributed by atoms with Crippen LogP contribution in [0.15, 0.2) is 91.0 Å². The van der Waals surface area contributed by atoms with Gasteiger partial charge in [0.15, 0.2) is 19.0 Å². The van der Waals surface area contributed by atoms with Crippen LogP contribution >= 0.6 is 8.03 Å². The fourth-order valence-electron chi connectivity index (χ4n) is 5.55. The normalized spacial score (nSPS) is 13.4. The van der Waals surface area contributed by atoms with Crippen LogP contribution in [0, 0.1) is 37.9 Å². The molecule has 0 amide bonds. The Hall–Kier alpha value is -3.52. The second-order valence-corrected chi connectivity index (χ2v) is 16.0. The summed E-state index contributed by atoms with van der Waals surface area (Å²) in [5.74, 6) is -1.92. The van der Waals surface area contributed by atoms with Crippen molar-refractivity contribution >= 4 is 33.4 Å². The molecule has 241 valence electrons. The number of nitrogens with one attached hydrogen (secondary N) is 1. The van der Waals surface area contributed by atoms with Crippen molar-refractivity contribution in [3.8, 4) is 11.1 Å². The molecule has 46 heavy (non-hydrogen) atoms. The van der Waals surface area contributed by atoms with Gasteiger partial charge in [0, 0.05) is 12.5 Å². The molecule has 6 nitrogen and oxygen atoms in total. The van der Waals surface area contributed by atoms with Gasteiger partial charge in [-0.1, -0.05) is 105 Å². The maximum atomic E-state index is 14.0. The Bertz CT molecular complexity index is 1610. The van der Waals surface area contributed by atoms with E-state index in [4.69, 9.17) is 8.95 Å². The molecule has 0 aliphatic rings. The minimum atomic E-state index is -2.21. The molecule has 0 fully saturated rings. The number of carbonyl (C=O) groups is 1. The molecule has 0 heterocycles. The minimum absolute atomic E-state index is 0.0168. The van der Waals surface area contributed by atoms with Crippen molar-refractivity contribution in [2.24, 2.45) is 11.3 Å². The van der Waals surface area contributed by atoms with Gasteiger partial charge in [0.05, 0.1) is 0 Å². The average Bonchev–Trinajstić information content (AvgIpc) is 3.01. The fraction of sp³-hybridized carbons (Fsp3) is 0.324. The zero-order chi connectivity index (χ0) is 33.4. The van der Waals surface area contributed by atoms with Crippen LogP contribution in [0.2, 0.25) is 0 Å². The highest BCUT2D eigenvalue weighted by molar-refractivity contribution is 7.39. The van der Waals surface area contributed by atoms with E-state index in [1.165, 1.54) is 6.07 Å². The summed E-state index contributed by atoms with van der Waals surface area (Å²) in [6.07, 6.45) is -1.17. The molecule has 0 aromatic heterocycles. The van der Waals surface area contributed by atoms with E-state index < -0.39 is 40.5 Å².